The Morgan fingerprint density at radius 2 is 1.94 bits per heavy atom. The Kier molecular flexibility index (Phi) is 7.53. The smallest absolute Gasteiger partial charge is 0.404 e. The third kappa shape index (κ3) is 5.88. The van der Waals surface area contributed by atoms with Crippen LogP contribution < -0.4 is 16.0 Å². The first-order valence-corrected chi connectivity index (χ1v) is 11.2. The highest BCUT2D eigenvalue weighted by molar-refractivity contribution is 8.15. The molecule has 9 heteroatoms. The van der Waals surface area contributed by atoms with Gasteiger partial charge in [0.05, 0.1) is 18.0 Å². The van der Waals surface area contributed by atoms with Gasteiger partial charge >= 0.3 is 12.1 Å². The predicted molar refractivity (Wildman–Crippen MR) is 127 cm³/mol. The Morgan fingerprint density at radius 3 is 2.59 bits per heavy atom. The fraction of sp³-hybridized carbons (Fsp3) is 0.304. The number of hydrogen-bond donors (Lipinski definition) is 2. The van der Waals surface area contributed by atoms with E-state index in [9.17, 15) is 14.4 Å². The maximum absolute atomic E-state index is 12.6. The zero-order valence-corrected chi connectivity index (χ0v) is 19.1. The van der Waals surface area contributed by atoms with Crippen molar-refractivity contribution in [1.82, 2.24) is 0 Å². The summed E-state index contributed by atoms with van der Waals surface area (Å²) in [6, 6.07) is 12.5. The van der Waals surface area contributed by atoms with E-state index < -0.39 is 12.1 Å². The number of benzene rings is 2. The lowest BCUT2D eigenvalue weighted by molar-refractivity contribution is -0.115. The van der Waals surface area contributed by atoms with E-state index in [0.717, 1.165) is 22.4 Å². The summed E-state index contributed by atoms with van der Waals surface area (Å²) in [5.41, 5.74) is 9.26. The van der Waals surface area contributed by atoms with Gasteiger partial charge in [-0.2, -0.15) is 4.99 Å². The number of carbonyl (C=O) groups is 3. The molecular formula is C23H26N4O4S. The minimum absolute atomic E-state index is 0.100. The lowest BCUT2D eigenvalue weighted by atomic mass is 9.99. The van der Waals surface area contributed by atoms with E-state index in [1.165, 1.54) is 16.7 Å². The number of primary amides is 1. The number of hydrogen-bond acceptors (Lipinski definition) is 5. The molecule has 4 amide bonds. The summed E-state index contributed by atoms with van der Waals surface area (Å²) in [7, 11) is 0. The molecule has 3 N–H and O–H groups in total. The monoisotopic (exact) mass is 454 g/mol. The average molecular weight is 455 g/mol. The van der Waals surface area contributed by atoms with Crippen LogP contribution in [0.5, 0.6) is 0 Å². The number of anilines is 2. The highest BCUT2D eigenvalue weighted by atomic mass is 32.2. The number of ether oxygens (including phenoxy) is 1. The number of urea groups is 1. The fourth-order valence-electron chi connectivity index (χ4n) is 3.28. The highest BCUT2D eigenvalue weighted by Crippen LogP contribution is 2.34. The van der Waals surface area contributed by atoms with Crippen LogP contribution in [0.4, 0.5) is 21.0 Å². The van der Waals surface area contributed by atoms with Crippen LogP contribution in [0.25, 0.3) is 0 Å². The number of carbonyl (C=O) groups excluding carboxylic acids is 3. The van der Waals surface area contributed by atoms with Crippen LogP contribution in [0.1, 0.15) is 36.5 Å². The molecule has 1 aliphatic heterocycles. The molecule has 0 saturated carbocycles. The summed E-state index contributed by atoms with van der Waals surface area (Å²) in [6.07, 6.45) is -0.293. The van der Waals surface area contributed by atoms with Crippen molar-refractivity contribution in [3.8, 4) is 0 Å². The molecule has 0 aromatic heterocycles. The van der Waals surface area contributed by atoms with E-state index in [1.54, 1.807) is 12.1 Å². The normalized spacial score (nSPS) is 14.8. The second-order valence-corrected chi connectivity index (χ2v) is 8.62. The van der Waals surface area contributed by atoms with Crippen LogP contribution in [0, 0.1) is 6.92 Å². The molecule has 0 aliphatic carbocycles. The van der Waals surface area contributed by atoms with Crippen LogP contribution in [0.3, 0.4) is 0 Å². The molecule has 0 atom stereocenters. The molecular weight excluding hydrogens is 428 g/mol. The van der Waals surface area contributed by atoms with Gasteiger partial charge in [0.2, 0.25) is 5.91 Å². The van der Waals surface area contributed by atoms with Crippen LogP contribution in [0.15, 0.2) is 47.5 Å². The summed E-state index contributed by atoms with van der Waals surface area (Å²) in [5, 5.41) is 3.08. The van der Waals surface area contributed by atoms with Gasteiger partial charge in [-0.25, -0.2) is 9.59 Å². The van der Waals surface area contributed by atoms with Crippen molar-refractivity contribution >= 4 is 46.3 Å². The zero-order valence-electron chi connectivity index (χ0n) is 18.3. The molecule has 2 aromatic rings. The van der Waals surface area contributed by atoms with Gasteiger partial charge in [-0.3, -0.25) is 9.69 Å². The molecule has 1 aliphatic rings. The average Bonchev–Trinajstić information content (AvgIpc) is 3.08. The second-order valence-electron chi connectivity index (χ2n) is 7.67. The summed E-state index contributed by atoms with van der Waals surface area (Å²) < 4.78 is 4.72. The van der Waals surface area contributed by atoms with Gasteiger partial charge in [0.1, 0.15) is 0 Å². The SMILES string of the molecule is Cc1ccc(C(C)C)c(N2C(=O)CS/C2=N\C(=O)Nc2ccc(CCOC(N)=O)cc2)c1. The van der Waals surface area contributed by atoms with E-state index in [1.807, 2.05) is 37.3 Å². The number of rotatable bonds is 6. The lowest BCUT2D eigenvalue weighted by Gasteiger charge is -2.22. The minimum atomic E-state index is -0.809. The maximum Gasteiger partial charge on any atom is 0.404 e. The lowest BCUT2D eigenvalue weighted by Crippen LogP contribution is -2.31. The van der Waals surface area contributed by atoms with Crippen LogP contribution in [-0.4, -0.2) is 35.6 Å². The van der Waals surface area contributed by atoms with Gasteiger partial charge in [-0.1, -0.05) is 49.9 Å². The molecule has 1 heterocycles. The quantitative estimate of drug-likeness (QED) is 0.670. The van der Waals surface area contributed by atoms with Crippen molar-refractivity contribution in [1.29, 1.82) is 0 Å². The molecule has 0 bridgehead atoms. The van der Waals surface area contributed by atoms with E-state index >= 15 is 0 Å². The first-order valence-electron chi connectivity index (χ1n) is 10.2. The number of aliphatic imine (C=N–C) groups is 1. The molecule has 8 nitrogen and oxygen atoms in total. The van der Waals surface area contributed by atoms with Crippen LogP contribution in [-0.2, 0) is 16.0 Å². The summed E-state index contributed by atoms with van der Waals surface area (Å²) in [6.45, 7) is 6.28. The Balaban J connectivity index is 1.73. The number of aryl methyl sites for hydroxylation is 1. The van der Waals surface area contributed by atoms with E-state index in [0.29, 0.717) is 17.3 Å². The summed E-state index contributed by atoms with van der Waals surface area (Å²) >= 11 is 1.25. The Morgan fingerprint density at radius 1 is 1.22 bits per heavy atom. The molecule has 1 fully saturated rings. The van der Waals surface area contributed by atoms with Crippen molar-refractivity contribution in [3.63, 3.8) is 0 Å². The van der Waals surface area contributed by atoms with Crippen LogP contribution in [0.2, 0.25) is 0 Å². The molecule has 32 heavy (non-hydrogen) atoms. The molecule has 2 aromatic carbocycles. The predicted octanol–water partition coefficient (Wildman–Crippen LogP) is 4.42. The van der Waals surface area contributed by atoms with Gasteiger partial charge in [0, 0.05) is 12.1 Å². The number of nitrogens with one attached hydrogen (secondary N) is 1. The Bertz CT molecular complexity index is 1050. The van der Waals surface area contributed by atoms with Crippen molar-refractivity contribution in [2.24, 2.45) is 10.7 Å². The molecule has 168 valence electrons. The Labute approximate surface area is 191 Å². The first-order chi connectivity index (χ1) is 15.2. The molecule has 0 unspecified atom stereocenters. The van der Waals surface area contributed by atoms with E-state index in [2.05, 4.69) is 24.2 Å². The number of amides is 4. The second kappa shape index (κ2) is 10.3. The van der Waals surface area contributed by atoms with Gasteiger partial charge in [-0.05, 0) is 47.7 Å². The third-order valence-corrected chi connectivity index (χ3v) is 5.78. The van der Waals surface area contributed by atoms with Gasteiger partial charge in [0.15, 0.2) is 5.17 Å². The summed E-state index contributed by atoms with van der Waals surface area (Å²) in [4.78, 5) is 41.5. The highest BCUT2D eigenvalue weighted by Gasteiger charge is 2.32. The Hall–Kier alpha value is -3.33. The third-order valence-electron chi connectivity index (χ3n) is 4.85. The zero-order chi connectivity index (χ0) is 23.3. The van der Waals surface area contributed by atoms with Gasteiger partial charge in [0.25, 0.3) is 0 Å². The number of nitrogens with zero attached hydrogens (tertiary/aromatic N) is 2. The molecule has 1 saturated heterocycles. The van der Waals surface area contributed by atoms with Crippen LogP contribution >= 0.6 is 11.8 Å². The number of nitrogens with two attached hydrogens (primary N) is 1. The molecule has 3 rings (SSSR count). The number of thioether (sulfide) groups is 1. The van der Waals surface area contributed by atoms with Gasteiger partial charge in [-0.15, -0.1) is 0 Å². The maximum atomic E-state index is 12.6. The first kappa shape index (κ1) is 23.3. The van der Waals surface area contributed by atoms with Crippen molar-refractivity contribution < 1.29 is 19.1 Å². The van der Waals surface area contributed by atoms with E-state index in [-0.39, 0.29) is 24.2 Å². The minimum Gasteiger partial charge on any atom is -0.449 e. The molecule has 0 spiro atoms. The largest absolute Gasteiger partial charge is 0.449 e. The number of amidine groups is 1. The standard InChI is InChI=1S/C23H26N4O4S/c1-14(2)18-9-4-15(3)12-19(18)27-20(28)13-32-23(27)26-22(30)25-17-7-5-16(6-8-17)10-11-31-21(24)29/h4-9,12,14H,10-11,13H2,1-3H3,(H2,24,29)(H,25,30)/b26-23-. The van der Waals surface area contributed by atoms with Crippen molar-refractivity contribution in [3.05, 3.63) is 59.2 Å². The van der Waals surface area contributed by atoms with Gasteiger partial charge < -0.3 is 15.8 Å². The topological polar surface area (TPSA) is 114 Å². The molecule has 0 radical (unpaired) electrons. The fourth-order valence-corrected chi connectivity index (χ4v) is 4.14. The van der Waals surface area contributed by atoms with Crippen molar-refractivity contribution in [2.75, 3.05) is 22.6 Å². The summed E-state index contributed by atoms with van der Waals surface area (Å²) in [5.74, 6) is 0.349. The van der Waals surface area contributed by atoms with E-state index in [4.69, 9.17) is 10.5 Å². The van der Waals surface area contributed by atoms with Crippen molar-refractivity contribution in [2.45, 2.75) is 33.1 Å².